The molecule has 1 aromatic rings. The number of aryl methyl sites for hydroxylation is 1. The van der Waals surface area contributed by atoms with Gasteiger partial charge >= 0.3 is 5.97 Å². The average molecular weight is 286 g/mol. The molecule has 0 bridgehead atoms. The summed E-state index contributed by atoms with van der Waals surface area (Å²) in [6.45, 7) is 2.04. The molecule has 0 saturated carbocycles. The van der Waals surface area contributed by atoms with Crippen LogP contribution in [0.25, 0.3) is 0 Å². The Morgan fingerprint density at radius 1 is 1.37 bits per heavy atom. The van der Waals surface area contributed by atoms with Crippen LogP contribution in [0.2, 0.25) is 0 Å². The molecule has 0 amide bonds. The van der Waals surface area contributed by atoms with Crippen molar-refractivity contribution in [3.63, 3.8) is 0 Å². The van der Waals surface area contributed by atoms with Crippen molar-refractivity contribution < 1.29 is 18.3 Å². The summed E-state index contributed by atoms with van der Waals surface area (Å²) in [7, 11) is -3.53. The quantitative estimate of drug-likeness (QED) is 0.631. The molecule has 0 aliphatic heterocycles. The molecule has 0 spiro atoms. The van der Waals surface area contributed by atoms with Gasteiger partial charge in [0.05, 0.1) is 4.90 Å². The van der Waals surface area contributed by atoms with E-state index in [-0.39, 0.29) is 17.9 Å². The molecule has 0 saturated heterocycles. The van der Waals surface area contributed by atoms with Crippen LogP contribution in [0.5, 0.6) is 0 Å². The van der Waals surface area contributed by atoms with Crippen molar-refractivity contribution in [1.82, 2.24) is 4.72 Å². The van der Waals surface area contributed by atoms with Gasteiger partial charge in [-0.05, 0) is 31.9 Å². The van der Waals surface area contributed by atoms with Gasteiger partial charge in [-0.15, -0.1) is 0 Å². The van der Waals surface area contributed by atoms with Gasteiger partial charge in [-0.2, -0.15) is 0 Å². The zero-order valence-corrected chi connectivity index (χ0v) is 11.5. The molecule has 0 aliphatic rings. The lowest BCUT2D eigenvalue weighted by Gasteiger charge is -2.08. The highest BCUT2D eigenvalue weighted by molar-refractivity contribution is 7.89. The molecular weight excluding hydrogens is 268 g/mol. The molecule has 1 unspecified atom stereocenters. The van der Waals surface area contributed by atoms with E-state index in [1.165, 1.54) is 12.1 Å². The van der Waals surface area contributed by atoms with Crippen LogP contribution in [0.15, 0.2) is 29.2 Å². The SMILES string of the molecule is Cc1ccc(S(=O)(=O)NCCCC(N)C(=O)O)cc1. The average Bonchev–Trinajstić information content (AvgIpc) is 2.34. The van der Waals surface area contributed by atoms with E-state index in [9.17, 15) is 13.2 Å². The third-order valence-electron chi connectivity index (χ3n) is 2.63. The van der Waals surface area contributed by atoms with Crippen LogP contribution in [-0.4, -0.2) is 32.1 Å². The summed E-state index contributed by atoms with van der Waals surface area (Å²) in [4.78, 5) is 10.7. The first kappa shape index (κ1) is 15.6. The second-order valence-electron chi connectivity index (χ2n) is 4.30. The van der Waals surface area contributed by atoms with Crippen molar-refractivity contribution in [1.29, 1.82) is 0 Å². The van der Waals surface area contributed by atoms with Crippen molar-refractivity contribution in [2.45, 2.75) is 30.7 Å². The smallest absolute Gasteiger partial charge is 0.320 e. The van der Waals surface area contributed by atoms with Gasteiger partial charge < -0.3 is 10.8 Å². The Balaban J connectivity index is 2.48. The Kier molecular flexibility index (Phi) is 5.46. The van der Waals surface area contributed by atoms with Crippen LogP contribution >= 0.6 is 0 Å². The number of benzene rings is 1. The van der Waals surface area contributed by atoms with Crippen LogP contribution in [0, 0.1) is 6.92 Å². The number of hydrogen-bond donors (Lipinski definition) is 3. The molecule has 0 heterocycles. The van der Waals surface area contributed by atoms with Gasteiger partial charge in [0.2, 0.25) is 10.0 Å². The minimum atomic E-state index is -3.53. The summed E-state index contributed by atoms with van der Waals surface area (Å²) in [5.41, 5.74) is 6.30. The highest BCUT2D eigenvalue weighted by Crippen LogP contribution is 2.09. The molecule has 1 aromatic carbocycles. The first-order valence-corrected chi connectivity index (χ1v) is 7.36. The van der Waals surface area contributed by atoms with E-state index in [1.807, 2.05) is 6.92 Å². The van der Waals surface area contributed by atoms with Gasteiger partial charge in [-0.1, -0.05) is 17.7 Å². The van der Waals surface area contributed by atoms with Gasteiger partial charge in [0.15, 0.2) is 0 Å². The standard InChI is InChI=1S/C12H18N2O4S/c1-9-4-6-10(7-5-9)19(17,18)14-8-2-3-11(13)12(15)16/h4-7,11,14H,2-3,8,13H2,1H3,(H,15,16). The van der Waals surface area contributed by atoms with E-state index in [0.717, 1.165) is 5.56 Å². The lowest BCUT2D eigenvalue weighted by Crippen LogP contribution is -2.32. The zero-order chi connectivity index (χ0) is 14.5. The monoisotopic (exact) mass is 286 g/mol. The predicted octanol–water partition coefficient (Wildman–Crippen LogP) is 0.465. The molecule has 1 rings (SSSR count). The molecule has 1 atom stereocenters. The Bertz CT molecular complexity index is 525. The fraction of sp³-hybridized carbons (Fsp3) is 0.417. The van der Waals surface area contributed by atoms with Crippen LogP contribution in [0.3, 0.4) is 0 Å². The first-order chi connectivity index (χ1) is 8.83. The Morgan fingerprint density at radius 2 is 1.95 bits per heavy atom. The fourth-order valence-corrected chi connectivity index (χ4v) is 2.53. The Hall–Kier alpha value is -1.44. The van der Waals surface area contributed by atoms with Gasteiger partial charge in [0, 0.05) is 6.54 Å². The number of nitrogens with two attached hydrogens (primary N) is 1. The number of carboxylic acids is 1. The third-order valence-corrected chi connectivity index (χ3v) is 4.11. The van der Waals surface area contributed by atoms with E-state index in [0.29, 0.717) is 6.42 Å². The maximum absolute atomic E-state index is 11.9. The van der Waals surface area contributed by atoms with E-state index in [4.69, 9.17) is 10.8 Å². The summed E-state index contributed by atoms with van der Waals surface area (Å²) in [6, 6.07) is 5.54. The third kappa shape index (κ3) is 4.98. The van der Waals surface area contributed by atoms with Crippen molar-refractivity contribution in [3.05, 3.63) is 29.8 Å². The summed E-state index contributed by atoms with van der Waals surface area (Å²) in [6.07, 6.45) is 0.601. The molecule has 19 heavy (non-hydrogen) atoms. The van der Waals surface area contributed by atoms with Crippen LogP contribution in [-0.2, 0) is 14.8 Å². The van der Waals surface area contributed by atoms with E-state index in [2.05, 4.69) is 4.72 Å². The van der Waals surface area contributed by atoms with Gasteiger partial charge in [-0.3, -0.25) is 4.79 Å². The summed E-state index contributed by atoms with van der Waals surface area (Å²) >= 11 is 0. The predicted molar refractivity (Wildman–Crippen MR) is 71.2 cm³/mol. The molecule has 7 heteroatoms. The lowest BCUT2D eigenvalue weighted by atomic mass is 10.2. The molecule has 0 aliphatic carbocycles. The summed E-state index contributed by atoms with van der Waals surface area (Å²) < 4.78 is 26.1. The molecule has 0 aromatic heterocycles. The minimum absolute atomic E-state index is 0.164. The second-order valence-corrected chi connectivity index (χ2v) is 6.06. The topological polar surface area (TPSA) is 109 Å². The number of carboxylic acid groups (broad SMARTS) is 1. The van der Waals surface area contributed by atoms with Gasteiger partial charge in [-0.25, -0.2) is 13.1 Å². The van der Waals surface area contributed by atoms with Gasteiger partial charge in [0.25, 0.3) is 0 Å². The van der Waals surface area contributed by atoms with E-state index in [1.54, 1.807) is 12.1 Å². The second kappa shape index (κ2) is 6.65. The van der Waals surface area contributed by atoms with Gasteiger partial charge in [0.1, 0.15) is 6.04 Å². The molecule has 0 radical (unpaired) electrons. The van der Waals surface area contributed by atoms with Crippen LogP contribution in [0.4, 0.5) is 0 Å². The number of rotatable bonds is 7. The molecule has 106 valence electrons. The number of aliphatic carboxylic acids is 1. The van der Waals surface area contributed by atoms with Crippen molar-refractivity contribution >= 4 is 16.0 Å². The highest BCUT2D eigenvalue weighted by atomic mass is 32.2. The molecule has 4 N–H and O–H groups in total. The molecular formula is C12H18N2O4S. The number of hydrogen-bond acceptors (Lipinski definition) is 4. The summed E-state index contributed by atoms with van der Waals surface area (Å²) in [5.74, 6) is -1.08. The fourth-order valence-electron chi connectivity index (χ4n) is 1.45. The molecule has 0 fully saturated rings. The lowest BCUT2D eigenvalue weighted by molar-refractivity contribution is -0.138. The minimum Gasteiger partial charge on any atom is -0.480 e. The first-order valence-electron chi connectivity index (χ1n) is 5.87. The molecule has 6 nitrogen and oxygen atoms in total. The number of carbonyl (C=O) groups is 1. The van der Waals surface area contributed by atoms with Crippen molar-refractivity contribution in [2.75, 3.05) is 6.54 Å². The summed E-state index contributed by atoms with van der Waals surface area (Å²) in [5, 5.41) is 8.58. The van der Waals surface area contributed by atoms with Crippen LogP contribution in [0.1, 0.15) is 18.4 Å². The Labute approximate surface area is 112 Å². The van der Waals surface area contributed by atoms with Crippen LogP contribution < -0.4 is 10.5 Å². The largest absolute Gasteiger partial charge is 0.480 e. The maximum Gasteiger partial charge on any atom is 0.320 e. The zero-order valence-electron chi connectivity index (χ0n) is 10.7. The van der Waals surface area contributed by atoms with Crippen molar-refractivity contribution in [2.24, 2.45) is 5.73 Å². The Morgan fingerprint density at radius 3 is 2.47 bits per heavy atom. The maximum atomic E-state index is 11.9. The normalized spacial score (nSPS) is 13.2. The van der Waals surface area contributed by atoms with Crippen molar-refractivity contribution in [3.8, 4) is 0 Å². The number of sulfonamides is 1. The van der Waals surface area contributed by atoms with E-state index >= 15 is 0 Å². The highest BCUT2D eigenvalue weighted by Gasteiger charge is 2.14. The number of nitrogens with one attached hydrogen (secondary N) is 1. The van der Waals surface area contributed by atoms with E-state index < -0.39 is 22.0 Å².